The normalized spacial score (nSPS) is 11.9. The first kappa shape index (κ1) is 45.2. The van der Waals surface area contributed by atoms with E-state index < -0.39 is 18.1 Å². The van der Waals surface area contributed by atoms with Gasteiger partial charge in [-0.1, -0.05) is 163 Å². The summed E-state index contributed by atoms with van der Waals surface area (Å²) in [5, 5.41) is 0. The van der Waals surface area contributed by atoms with Crippen LogP contribution in [0.3, 0.4) is 0 Å². The summed E-state index contributed by atoms with van der Waals surface area (Å²) >= 11 is 0. The summed E-state index contributed by atoms with van der Waals surface area (Å²) in [5.74, 6) is -1.26. The van der Waals surface area contributed by atoms with Crippen molar-refractivity contribution in [2.45, 2.75) is 214 Å². The number of hydrogen-bond acceptors (Lipinski definition) is 7. The van der Waals surface area contributed by atoms with Crippen molar-refractivity contribution in [2.24, 2.45) is 5.92 Å². The van der Waals surface area contributed by atoms with Gasteiger partial charge in [0.05, 0.1) is 13.2 Å². The third-order valence-electron chi connectivity index (χ3n) is 9.06. The molecule has 1 unspecified atom stereocenters. The van der Waals surface area contributed by atoms with Crippen LogP contribution in [-0.2, 0) is 28.5 Å². The van der Waals surface area contributed by atoms with E-state index in [0.717, 1.165) is 51.4 Å². The lowest BCUT2D eigenvalue weighted by molar-refractivity contribution is -0.159. The smallest absolute Gasteiger partial charge is 0.465 e. The van der Waals surface area contributed by atoms with Crippen molar-refractivity contribution in [3.63, 3.8) is 0 Å². The van der Waals surface area contributed by atoms with Crippen molar-refractivity contribution in [3.05, 3.63) is 0 Å². The second kappa shape index (κ2) is 35.5. The van der Waals surface area contributed by atoms with Crippen LogP contribution >= 0.6 is 0 Å². The third-order valence-corrected chi connectivity index (χ3v) is 9.06. The first-order chi connectivity index (χ1) is 23.0. The van der Waals surface area contributed by atoms with Crippen LogP contribution in [0.2, 0.25) is 0 Å². The maximum atomic E-state index is 12.6. The average molecular weight is 669 g/mol. The molecule has 0 bridgehead atoms. The zero-order valence-corrected chi connectivity index (χ0v) is 31.4. The molecule has 0 aromatic carbocycles. The zero-order valence-electron chi connectivity index (χ0n) is 31.4. The van der Waals surface area contributed by atoms with Crippen LogP contribution in [-0.4, -0.2) is 44.0 Å². The van der Waals surface area contributed by atoms with Crippen molar-refractivity contribution in [2.75, 3.05) is 19.8 Å². The molecule has 278 valence electrons. The van der Waals surface area contributed by atoms with E-state index in [1.165, 1.54) is 116 Å². The summed E-state index contributed by atoms with van der Waals surface area (Å²) in [6.45, 7) is 9.21. The number of rotatable bonds is 35. The van der Waals surface area contributed by atoms with Gasteiger partial charge in [-0.3, -0.25) is 9.59 Å². The van der Waals surface area contributed by atoms with Gasteiger partial charge in [0.2, 0.25) is 0 Å². The molecule has 1 atom stereocenters. The van der Waals surface area contributed by atoms with E-state index in [1.54, 1.807) is 0 Å². The Balaban J connectivity index is 4.14. The van der Waals surface area contributed by atoms with Crippen LogP contribution < -0.4 is 0 Å². The van der Waals surface area contributed by atoms with Crippen LogP contribution in [0.25, 0.3) is 0 Å². The highest BCUT2D eigenvalue weighted by atomic mass is 16.7. The van der Waals surface area contributed by atoms with Gasteiger partial charge in [0.15, 0.2) is 0 Å². The molecule has 0 rings (SSSR count). The summed E-state index contributed by atoms with van der Waals surface area (Å²) in [6.07, 6.45) is 30.6. The van der Waals surface area contributed by atoms with Gasteiger partial charge < -0.3 is 18.9 Å². The predicted octanol–water partition coefficient (Wildman–Crippen LogP) is 12.2. The Labute approximate surface area is 290 Å². The summed E-state index contributed by atoms with van der Waals surface area (Å²) in [6, 6.07) is 0. The molecule has 0 heterocycles. The molecule has 0 radical (unpaired) electrons. The van der Waals surface area contributed by atoms with Crippen molar-refractivity contribution in [1.82, 2.24) is 0 Å². The van der Waals surface area contributed by atoms with E-state index in [0.29, 0.717) is 13.0 Å². The lowest BCUT2D eigenvalue weighted by atomic mass is 10.0. The number of carbonyl (C=O) groups is 3. The van der Waals surface area contributed by atoms with Gasteiger partial charge in [0.1, 0.15) is 19.1 Å². The van der Waals surface area contributed by atoms with Crippen molar-refractivity contribution in [3.8, 4) is 0 Å². The lowest BCUT2D eigenvalue weighted by Gasteiger charge is -2.18. The Morgan fingerprint density at radius 1 is 0.447 bits per heavy atom. The van der Waals surface area contributed by atoms with E-state index in [4.69, 9.17) is 18.9 Å². The molecule has 0 aromatic heterocycles. The Kier molecular flexibility index (Phi) is 34.2. The van der Waals surface area contributed by atoms with Crippen molar-refractivity contribution < 1.29 is 33.3 Å². The van der Waals surface area contributed by atoms with Crippen LogP contribution in [0.1, 0.15) is 207 Å². The number of unbranched alkanes of at least 4 members (excludes halogenated alkanes) is 21. The highest BCUT2D eigenvalue weighted by Gasteiger charge is 2.20. The molecule has 0 aromatic rings. The SMILES string of the molecule is CCCCCCCCCCCCCCOC(=O)OCC(CC)COC(=O)CC(=O)OC(CCCCCCCC)CCCCCCCC. The fourth-order valence-electron chi connectivity index (χ4n) is 5.78. The quantitative estimate of drug-likeness (QED) is 0.0287. The second-order valence-electron chi connectivity index (χ2n) is 13.7. The molecule has 0 aliphatic heterocycles. The molecule has 0 fully saturated rings. The summed E-state index contributed by atoms with van der Waals surface area (Å²) in [5.41, 5.74) is 0. The van der Waals surface area contributed by atoms with Crippen molar-refractivity contribution >= 4 is 18.1 Å². The van der Waals surface area contributed by atoms with Crippen LogP contribution in [0, 0.1) is 5.92 Å². The molecule has 0 spiro atoms. The van der Waals surface area contributed by atoms with E-state index in [2.05, 4.69) is 20.8 Å². The van der Waals surface area contributed by atoms with Gasteiger partial charge in [-0.2, -0.15) is 0 Å². The molecule has 0 aliphatic rings. The number of carbonyl (C=O) groups excluding carboxylic acids is 3. The van der Waals surface area contributed by atoms with E-state index >= 15 is 0 Å². The monoisotopic (exact) mass is 669 g/mol. The van der Waals surface area contributed by atoms with Crippen molar-refractivity contribution in [1.29, 1.82) is 0 Å². The van der Waals surface area contributed by atoms with Gasteiger partial charge in [-0.05, 0) is 38.5 Å². The standard InChI is InChI=1S/C40H76O7/c1-5-9-12-15-18-19-20-21-22-23-26-29-32-44-40(43)46-35-36(8-4)34-45-38(41)33-39(42)47-37(30-27-24-16-13-10-6-2)31-28-25-17-14-11-7-3/h36-37H,5-35H2,1-4H3. The molecule has 7 heteroatoms. The van der Waals surface area contributed by atoms with Gasteiger partial charge in [0, 0.05) is 5.92 Å². The van der Waals surface area contributed by atoms with Crippen LogP contribution in [0.4, 0.5) is 4.79 Å². The summed E-state index contributed by atoms with van der Waals surface area (Å²) in [4.78, 5) is 37.0. The Morgan fingerprint density at radius 2 is 0.851 bits per heavy atom. The fraction of sp³-hybridized carbons (Fsp3) is 0.925. The minimum absolute atomic E-state index is 0.0909. The highest BCUT2D eigenvalue weighted by Crippen LogP contribution is 2.18. The maximum absolute atomic E-state index is 12.6. The minimum atomic E-state index is -0.678. The Morgan fingerprint density at radius 3 is 1.30 bits per heavy atom. The first-order valence-corrected chi connectivity index (χ1v) is 20.1. The molecule has 7 nitrogen and oxygen atoms in total. The highest BCUT2D eigenvalue weighted by molar-refractivity contribution is 5.91. The second-order valence-corrected chi connectivity index (χ2v) is 13.7. The van der Waals surface area contributed by atoms with Gasteiger partial charge >= 0.3 is 18.1 Å². The molecule has 0 aliphatic carbocycles. The minimum Gasteiger partial charge on any atom is -0.465 e. The fourth-order valence-corrected chi connectivity index (χ4v) is 5.78. The molecule has 0 saturated carbocycles. The lowest BCUT2D eigenvalue weighted by Crippen LogP contribution is -2.24. The first-order valence-electron chi connectivity index (χ1n) is 20.1. The van der Waals surface area contributed by atoms with Gasteiger partial charge in [-0.15, -0.1) is 0 Å². The number of ether oxygens (including phenoxy) is 4. The van der Waals surface area contributed by atoms with E-state index in [1.807, 2.05) is 6.92 Å². The summed E-state index contributed by atoms with van der Waals surface area (Å²) < 4.78 is 21.6. The van der Waals surface area contributed by atoms with E-state index in [-0.39, 0.29) is 31.7 Å². The zero-order chi connectivity index (χ0) is 34.6. The molecular formula is C40H76O7. The number of esters is 2. The molecule has 47 heavy (non-hydrogen) atoms. The number of hydrogen-bond donors (Lipinski definition) is 0. The topological polar surface area (TPSA) is 88.1 Å². The molecule has 0 amide bonds. The Hall–Kier alpha value is -1.79. The Bertz CT molecular complexity index is 695. The third kappa shape index (κ3) is 32.5. The van der Waals surface area contributed by atoms with Gasteiger partial charge in [0.25, 0.3) is 0 Å². The molecular weight excluding hydrogens is 592 g/mol. The predicted molar refractivity (Wildman–Crippen MR) is 194 cm³/mol. The van der Waals surface area contributed by atoms with Gasteiger partial charge in [-0.25, -0.2) is 4.79 Å². The molecule has 0 saturated heterocycles. The van der Waals surface area contributed by atoms with E-state index in [9.17, 15) is 14.4 Å². The maximum Gasteiger partial charge on any atom is 0.508 e. The van der Waals surface area contributed by atoms with Crippen LogP contribution in [0.5, 0.6) is 0 Å². The average Bonchev–Trinajstić information content (AvgIpc) is 3.06. The van der Waals surface area contributed by atoms with Crippen LogP contribution in [0.15, 0.2) is 0 Å². The molecule has 0 N–H and O–H groups in total. The summed E-state index contributed by atoms with van der Waals surface area (Å²) in [7, 11) is 0. The largest absolute Gasteiger partial charge is 0.508 e.